The number of carbonyl (C=O) groups is 1. The van der Waals surface area contributed by atoms with Crippen molar-refractivity contribution in [1.82, 2.24) is 0 Å². The molecule has 128 valence electrons. The van der Waals surface area contributed by atoms with Crippen molar-refractivity contribution in [3.8, 4) is 5.75 Å². The normalized spacial score (nSPS) is 23.0. The molecule has 2 atom stereocenters. The predicted molar refractivity (Wildman–Crippen MR) is 91.7 cm³/mol. The van der Waals surface area contributed by atoms with Crippen LogP contribution in [0.4, 0.5) is 4.39 Å². The molecular weight excluding hydrogens is 321 g/mol. The van der Waals surface area contributed by atoms with Gasteiger partial charge in [-0.3, -0.25) is 4.79 Å². The fourth-order valence-electron chi connectivity index (χ4n) is 3.33. The van der Waals surface area contributed by atoms with Gasteiger partial charge in [-0.1, -0.05) is 0 Å². The molecule has 0 saturated heterocycles. The standard InChI is InChI=1S/C20H18FNO3/c1-11(23)13-6-9-16-15(10-13)17-18(20(2,3)25-16)24-19(22-17)12-4-7-14(21)8-5-12/h4-10,17-18H,1-3H3. The summed E-state index contributed by atoms with van der Waals surface area (Å²) in [5.74, 6) is 0.863. The lowest BCUT2D eigenvalue weighted by molar-refractivity contribution is -0.0352. The highest BCUT2D eigenvalue weighted by molar-refractivity contribution is 5.96. The van der Waals surface area contributed by atoms with Crippen LogP contribution in [0.5, 0.6) is 5.75 Å². The third kappa shape index (κ3) is 2.60. The third-order valence-electron chi connectivity index (χ3n) is 4.67. The molecule has 4 rings (SSSR count). The molecule has 0 radical (unpaired) electrons. The second-order valence-corrected chi connectivity index (χ2v) is 6.94. The molecule has 2 aliphatic heterocycles. The molecule has 2 heterocycles. The number of carbonyl (C=O) groups excluding carboxylic acids is 1. The summed E-state index contributed by atoms with van der Waals surface area (Å²) in [6.45, 7) is 5.44. The predicted octanol–water partition coefficient (Wildman–Crippen LogP) is 4.09. The first kappa shape index (κ1) is 15.8. The monoisotopic (exact) mass is 339 g/mol. The fraction of sp³-hybridized carbons (Fsp3) is 0.300. The summed E-state index contributed by atoms with van der Waals surface area (Å²) >= 11 is 0. The van der Waals surface area contributed by atoms with Crippen LogP contribution in [0.3, 0.4) is 0 Å². The largest absolute Gasteiger partial charge is 0.484 e. The van der Waals surface area contributed by atoms with Crippen LogP contribution in [0.2, 0.25) is 0 Å². The number of nitrogens with zero attached hydrogens (tertiary/aromatic N) is 1. The minimum absolute atomic E-state index is 0.00848. The molecule has 2 aromatic carbocycles. The topological polar surface area (TPSA) is 47.9 Å². The van der Waals surface area contributed by atoms with Crippen molar-refractivity contribution in [3.05, 3.63) is 65.0 Å². The lowest BCUT2D eigenvalue weighted by Crippen LogP contribution is -2.48. The smallest absolute Gasteiger partial charge is 0.217 e. The Morgan fingerprint density at radius 1 is 1.16 bits per heavy atom. The fourth-order valence-corrected chi connectivity index (χ4v) is 3.33. The number of Topliss-reactive ketones (excluding diaryl/α,β-unsaturated/α-hetero) is 1. The van der Waals surface area contributed by atoms with Gasteiger partial charge in [-0.05, 0) is 63.2 Å². The van der Waals surface area contributed by atoms with Crippen molar-refractivity contribution in [1.29, 1.82) is 0 Å². The minimum Gasteiger partial charge on any atom is -0.484 e. The van der Waals surface area contributed by atoms with Crippen LogP contribution in [0.1, 0.15) is 48.3 Å². The number of hydrogen-bond acceptors (Lipinski definition) is 4. The van der Waals surface area contributed by atoms with Crippen molar-refractivity contribution in [2.24, 2.45) is 4.99 Å². The Morgan fingerprint density at radius 3 is 2.56 bits per heavy atom. The molecule has 4 nitrogen and oxygen atoms in total. The summed E-state index contributed by atoms with van der Waals surface area (Å²) in [4.78, 5) is 16.5. The Labute approximate surface area is 145 Å². The van der Waals surface area contributed by atoms with Gasteiger partial charge in [0, 0.05) is 16.7 Å². The van der Waals surface area contributed by atoms with Gasteiger partial charge in [0.15, 0.2) is 11.9 Å². The maximum atomic E-state index is 13.2. The molecule has 0 amide bonds. The second-order valence-electron chi connectivity index (χ2n) is 6.94. The lowest BCUT2D eigenvalue weighted by atomic mass is 9.86. The van der Waals surface area contributed by atoms with E-state index in [2.05, 4.69) is 0 Å². The molecule has 2 aromatic rings. The van der Waals surface area contributed by atoms with E-state index in [0.29, 0.717) is 17.2 Å². The summed E-state index contributed by atoms with van der Waals surface area (Å²) in [7, 11) is 0. The number of rotatable bonds is 2. The zero-order valence-corrected chi connectivity index (χ0v) is 14.2. The maximum Gasteiger partial charge on any atom is 0.217 e. The summed E-state index contributed by atoms with van der Waals surface area (Å²) in [5.41, 5.74) is 1.59. The molecule has 0 N–H and O–H groups in total. The number of aliphatic imine (C=N–C) groups is 1. The average Bonchev–Trinajstić information content (AvgIpc) is 3.01. The molecule has 0 spiro atoms. The zero-order valence-electron chi connectivity index (χ0n) is 14.2. The van der Waals surface area contributed by atoms with Gasteiger partial charge in [0.2, 0.25) is 5.90 Å². The van der Waals surface area contributed by atoms with E-state index in [1.54, 1.807) is 18.2 Å². The number of ether oxygens (including phenoxy) is 2. The number of hydrogen-bond donors (Lipinski definition) is 0. The molecule has 0 aliphatic carbocycles. The summed E-state index contributed by atoms with van der Waals surface area (Å²) in [5, 5.41) is 0. The maximum absolute atomic E-state index is 13.2. The van der Waals surface area contributed by atoms with Crippen LogP contribution in [0.15, 0.2) is 47.5 Å². The van der Waals surface area contributed by atoms with E-state index in [-0.39, 0.29) is 23.7 Å². The van der Waals surface area contributed by atoms with Gasteiger partial charge < -0.3 is 9.47 Å². The van der Waals surface area contributed by atoms with Crippen molar-refractivity contribution < 1.29 is 18.7 Å². The van der Waals surface area contributed by atoms with Gasteiger partial charge in [-0.25, -0.2) is 9.38 Å². The molecule has 0 bridgehead atoms. The van der Waals surface area contributed by atoms with Crippen molar-refractivity contribution in [3.63, 3.8) is 0 Å². The van der Waals surface area contributed by atoms with Crippen LogP contribution in [0.25, 0.3) is 0 Å². The number of halogens is 1. The van der Waals surface area contributed by atoms with Crippen LogP contribution < -0.4 is 4.74 Å². The van der Waals surface area contributed by atoms with Gasteiger partial charge in [0.1, 0.15) is 23.2 Å². The molecule has 0 saturated carbocycles. The van der Waals surface area contributed by atoms with E-state index >= 15 is 0 Å². The first-order valence-electron chi connectivity index (χ1n) is 8.19. The Bertz CT molecular complexity index is 886. The van der Waals surface area contributed by atoms with Crippen molar-refractivity contribution >= 4 is 11.7 Å². The Kier molecular flexibility index (Phi) is 3.42. The molecule has 0 fully saturated rings. The second kappa shape index (κ2) is 5.41. The van der Waals surface area contributed by atoms with E-state index in [1.165, 1.54) is 19.1 Å². The van der Waals surface area contributed by atoms with Gasteiger partial charge in [0.25, 0.3) is 0 Å². The number of fused-ring (bicyclic) bond motifs is 3. The minimum atomic E-state index is -0.583. The summed E-state index contributed by atoms with van der Waals surface area (Å²) < 4.78 is 25.4. The van der Waals surface area contributed by atoms with Crippen LogP contribution in [-0.4, -0.2) is 23.4 Å². The molecule has 5 heteroatoms. The molecule has 0 aromatic heterocycles. The zero-order chi connectivity index (χ0) is 17.8. The van der Waals surface area contributed by atoms with Gasteiger partial charge in [-0.2, -0.15) is 0 Å². The lowest BCUT2D eigenvalue weighted by Gasteiger charge is -2.39. The highest BCUT2D eigenvalue weighted by Crippen LogP contribution is 2.46. The van der Waals surface area contributed by atoms with Gasteiger partial charge in [0.05, 0.1) is 0 Å². The van der Waals surface area contributed by atoms with E-state index in [9.17, 15) is 9.18 Å². The summed E-state index contributed by atoms with van der Waals surface area (Å²) in [6.07, 6.45) is -0.317. The van der Waals surface area contributed by atoms with Gasteiger partial charge >= 0.3 is 0 Å². The van der Waals surface area contributed by atoms with E-state index < -0.39 is 5.60 Å². The number of benzene rings is 2. The van der Waals surface area contributed by atoms with Crippen LogP contribution in [0, 0.1) is 5.82 Å². The SMILES string of the molecule is CC(=O)c1ccc2c(c1)C1N=C(c3ccc(F)cc3)OC1C(C)(C)O2. The highest BCUT2D eigenvalue weighted by atomic mass is 19.1. The van der Waals surface area contributed by atoms with Crippen LogP contribution in [-0.2, 0) is 4.74 Å². The van der Waals surface area contributed by atoms with Crippen molar-refractivity contribution in [2.45, 2.75) is 38.5 Å². The third-order valence-corrected chi connectivity index (χ3v) is 4.67. The first-order chi connectivity index (χ1) is 11.8. The Morgan fingerprint density at radius 2 is 1.88 bits per heavy atom. The number of ketones is 1. The van der Waals surface area contributed by atoms with E-state index in [0.717, 1.165) is 11.1 Å². The summed E-state index contributed by atoms with van der Waals surface area (Å²) in [6, 6.07) is 11.2. The van der Waals surface area contributed by atoms with Gasteiger partial charge in [-0.15, -0.1) is 0 Å². The first-order valence-corrected chi connectivity index (χ1v) is 8.19. The van der Waals surface area contributed by atoms with E-state index in [4.69, 9.17) is 14.5 Å². The quantitative estimate of drug-likeness (QED) is 0.775. The molecule has 25 heavy (non-hydrogen) atoms. The Hall–Kier alpha value is -2.69. The average molecular weight is 339 g/mol. The molecular formula is C20H18FNO3. The van der Waals surface area contributed by atoms with E-state index in [1.807, 2.05) is 26.0 Å². The Balaban J connectivity index is 1.80. The van der Waals surface area contributed by atoms with Crippen LogP contribution >= 0.6 is 0 Å². The van der Waals surface area contributed by atoms with Crippen molar-refractivity contribution in [2.75, 3.05) is 0 Å². The molecule has 2 unspecified atom stereocenters. The molecule has 2 aliphatic rings. The highest BCUT2D eigenvalue weighted by Gasteiger charge is 2.49.